The molecular formula is C33H33N3O3. The maximum absolute atomic E-state index is 9.67. The Balaban J connectivity index is 1.17. The molecule has 198 valence electrons. The van der Waals surface area contributed by atoms with Crippen molar-refractivity contribution < 1.29 is 14.6 Å². The monoisotopic (exact) mass is 519 g/mol. The van der Waals surface area contributed by atoms with Gasteiger partial charge in [-0.2, -0.15) is 0 Å². The Hall–Kier alpha value is -3.76. The Morgan fingerprint density at radius 2 is 1.54 bits per heavy atom. The summed E-state index contributed by atoms with van der Waals surface area (Å²) in [5.74, 6) is 6.47. The highest BCUT2D eigenvalue weighted by Crippen LogP contribution is 2.38. The average molecular weight is 520 g/mol. The summed E-state index contributed by atoms with van der Waals surface area (Å²) in [6.07, 6.45) is 6.15. The molecule has 39 heavy (non-hydrogen) atoms. The molecule has 3 aromatic carbocycles. The van der Waals surface area contributed by atoms with E-state index in [2.05, 4.69) is 46.4 Å². The summed E-state index contributed by atoms with van der Waals surface area (Å²) in [4.78, 5) is 0. The number of nitrogens with zero attached hydrogens (tertiary/aromatic N) is 3. The van der Waals surface area contributed by atoms with Gasteiger partial charge in [-0.25, -0.2) is 4.68 Å². The smallest absolute Gasteiger partial charge is 0.113 e. The largest absolute Gasteiger partial charge is 0.394 e. The standard InChI is InChI=1S/C33H33N3O3/c37-23-28-18-20-32-33(38-28)21-30(36-22-29(34-35-36)27-9-5-2-6-10-27)31(39-32)19-17-26-15-13-25(14-16-26)12-11-24-7-3-1-4-8-24/h1-10,13-16,22,28,30-33,37H,17-21,23H2/t28-,30+,31-,32+,33+/m1/s1. The van der Waals surface area contributed by atoms with Crippen LogP contribution in [0.5, 0.6) is 0 Å². The first-order chi connectivity index (χ1) is 19.2. The van der Waals surface area contributed by atoms with E-state index in [-0.39, 0.29) is 37.1 Å². The molecule has 2 fully saturated rings. The maximum Gasteiger partial charge on any atom is 0.113 e. The first-order valence-electron chi connectivity index (χ1n) is 13.8. The van der Waals surface area contributed by atoms with Crippen molar-refractivity contribution in [1.82, 2.24) is 15.0 Å². The fourth-order valence-electron chi connectivity index (χ4n) is 5.59. The van der Waals surface area contributed by atoms with Crippen molar-refractivity contribution in [1.29, 1.82) is 0 Å². The summed E-state index contributed by atoms with van der Waals surface area (Å²) in [6.45, 7) is 0.0461. The molecule has 0 amide bonds. The van der Waals surface area contributed by atoms with E-state index >= 15 is 0 Å². The SMILES string of the molecule is OC[C@H]1CC[C@@H]2O[C@H](CCc3ccc(C#Cc4ccccc4)cc3)[C@@H](n3cc(-c4ccccc4)nn3)C[C@@H]2O1. The summed E-state index contributed by atoms with van der Waals surface area (Å²) in [7, 11) is 0. The van der Waals surface area contributed by atoms with E-state index in [1.54, 1.807) is 0 Å². The van der Waals surface area contributed by atoms with Crippen molar-refractivity contribution in [3.8, 4) is 23.1 Å². The van der Waals surface area contributed by atoms with Gasteiger partial charge in [-0.05, 0) is 55.5 Å². The zero-order valence-electron chi connectivity index (χ0n) is 21.9. The minimum Gasteiger partial charge on any atom is -0.394 e. The molecule has 0 saturated carbocycles. The van der Waals surface area contributed by atoms with Crippen LogP contribution in [0.2, 0.25) is 0 Å². The summed E-state index contributed by atoms with van der Waals surface area (Å²) in [6, 6.07) is 28.7. The zero-order chi connectivity index (χ0) is 26.4. The Morgan fingerprint density at radius 3 is 2.28 bits per heavy atom. The Bertz CT molecular complexity index is 1410. The predicted octanol–water partition coefficient (Wildman–Crippen LogP) is 5.22. The number of aryl methyl sites for hydroxylation is 1. The maximum atomic E-state index is 9.67. The minimum atomic E-state index is -0.119. The molecule has 0 unspecified atom stereocenters. The van der Waals surface area contributed by atoms with Crippen LogP contribution in [-0.2, 0) is 15.9 Å². The number of aliphatic hydroxyl groups excluding tert-OH is 1. The minimum absolute atomic E-state index is 0.00432. The molecule has 3 heterocycles. The number of hydrogen-bond donors (Lipinski definition) is 1. The number of benzene rings is 3. The second kappa shape index (κ2) is 12.0. The third kappa shape index (κ3) is 6.12. The molecular weight excluding hydrogens is 486 g/mol. The van der Waals surface area contributed by atoms with Crippen LogP contribution in [0.1, 0.15) is 48.4 Å². The summed E-state index contributed by atoms with van der Waals surface area (Å²) in [5, 5.41) is 18.6. The fraction of sp³-hybridized carbons (Fsp3) is 0.333. The number of hydrogen-bond acceptors (Lipinski definition) is 5. The van der Waals surface area contributed by atoms with Crippen LogP contribution >= 0.6 is 0 Å². The van der Waals surface area contributed by atoms with Gasteiger partial charge in [0, 0.05) is 23.1 Å². The normalized spacial score (nSPS) is 24.4. The Kier molecular flexibility index (Phi) is 7.83. The number of rotatable bonds is 6. The van der Waals surface area contributed by atoms with Gasteiger partial charge >= 0.3 is 0 Å². The lowest BCUT2D eigenvalue weighted by molar-refractivity contribution is -0.209. The second-order valence-electron chi connectivity index (χ2n) is 10.4. The van der Waals surface area contributed by atoms with Crippen molar-refractivity contribution in [3.05, 3.63) is 108 Å². The van der Waals surface area contributed by atoms with E-state index in [0.29, 0.717) is 0 Å². The van der Waals surface area contributed by atoms with Gasteiger partial charge in [-0.3, -0.25) is 0 Å². The lowest BCUT2D eigenvalue weighted by atomic mass is 9.88. The van der Waals surface area contributed by atoms with Crippen LogP contribution in [0.15, 0.2) is 91.1 Å². The van der Waals surface area contributed by atoms with E-state index in [1.807, 2.05) is 71.5 Å². The van der Waals surface area contributed by atoms with Gasteiger partial charge in [0.05, 0.1) is 43.3 Å². The van der Waals surface area contributed by atoms with Crippen molar-refractivity contribution in [2.24, 2.45) is 0 Å². The fourth-order valence-corrected chi connectivity index (χ4v) is 5.59. The Labute approximate surface area is 229 Å². The zero-order valence-corrected chi connectivity index (χ0v) is 21.9. The summed E-state index contributed by atoms with van der Waals surface area (Å²) in [5.41, 5.74) is 5.17. The van der Waals surface area contributed by atoms with Crippen LogP contribution in [0.3, 0.4) is 0 Å². The van der Waals surface area contributed by atoms with E-state index in [0.717, 1.165) is 54.5 Å². The molecule has 0 bridgehead atoms. The van der Waals surface area contributed by atoms with Gasteiger partial charge in [0.2, 0.25) is 0 Å². The molecule has 5 atom stereocenters. The highest BCUT2D eigenvalue weighted by Gasteiger charge is 2.43. The van der Waals surface area contributed by atoms with Crippen LogP contribution in [0, 0.1) is 11.8 Å². The summed E-state index contributed by atoms with van der Waals surface area (Å²) < 4.78 is 14.8. The van der Waals surface area contributed by atoms with Crippen LogP contribution in [0.25, 0.3) is 11.3 Å². The molecule has 6 rings (SSSR count). The number of ether oxygens (including phenoxy) is 2. The third-order valence-electron chi connectivity index (χ3n) is 7.73. The van der Waals surface area contributed by atoms with E-state index in [4.69, 9.17) is 9.47 Å². The van der Waals surface area contributed by atoms with Gasteiger partial charge in [-0.1, -0.05) is 77.7 Å². The first-order valence-corrected chi connectivity index (χ1v) is 13.8. The van der Waals surface area contributed by atoms with Crippen LogP contribution in [0.4, 0.5) is 0 Å². The quantitative estimate of drug-likeness (QED) is 0.354. The Morgan fingerprint density at radius 1 is 0.821 bits per heavy atom. The van der Waals surface area contributed by atoms with E-state index in [9.17, 15) is 5.11 Å². The topological polar surface area (TPSA) is 69.4 Å². The molecule has 0 spiro atoms. The average Bonchev–Trinajstić information content (AvgIpc) is 3.50. The molecule has 1 N–H and O–H groups in total. The second-order valence-corrected chi connectivity index (χ2v) is 10.4. The van der Waals surface area contributed by atoms with Crippen LogP contribution < -0.4 is 0 Å². The number of aromatic nitrogens is 3. The number of aliphatic hydroxyl groups is 1. The lowest BCUT2D eigenvalue weighted by Crippen LogP contribution is -2.51. The van der Waals surface area contributed by atoms with Gasteiger partial charge in [0.15, 0.2) is 0 Å². The predicted molar refractivity (Wildman–Crippen MR) is 150 cm³/mol. The van der Waals surface area contributed by atoms with Crippen LogP contribution in [-0.4, -0.2) is 51.1 Å². The molecule has 2 aliphatic rings. The van der Waals surface area contributed by atoms with E-state index < -0.39 is 0 Å². The molecule has 4 aromatic rings. The highest BCUT2D eigenvalue weighted by molar-refractivity contribution is 5.57. The van der Waals surface area contributed by atoms with Crippen molar-refractivity contribution >= 4 is 0 Å². The molecule has 0 radical (unpaired) electrons. The van der Waals surface area contributed by atoms with Gasteiger partial charge < -0.3 is 14.6 Å². The molecule has 1 aromatic heterocycles. The van der Waals surface area contributed by atoms with Crippen molar-refractivity contribution in [2.75, 3.05) is 6.61 Å². The highest BCUT2D eigenvalue weighted by atomic mass is 16.6. The van der Waals surface area contributed by atoms with Crippen molar-refractivity contribution in [3.63, 3.8) is 0 Å². The molecule has 6 nitrogen and oxygen atoms in total. The molecule has 6 heteroatoms. The number of fused-ring (bicyclic) bond motifs is 1. The first kappa shape index (κ1) is 25.5. The molecule has 2 saturated heterocycles. The molecule has 0 aliphatic carbocycles. The third-order valence-corrected chi connectivity index (χ3v) is 7.73. The summed E-state index contributed by atoms with van der Waals surface area (Å²) >= 11 is 0. The van der Waals surface area contributed by atoms with E-state index in [1.165, 1.54) is 5.56 Å². The van der Waals surface area contributed by atoms with Gasteiger partial charge in [0.25, 0.3) is 0 Å². The van der Waals surface area contributed by atoms with Crippen molar-refractivity contribution in [2.45, 2.75) is 62.6 Å². The lowest BCUT2D eigenvalue weighted by Gasteiger charge is -2.45. The van der Waals surface area contributed by atoms with Gasteiger partial charge in [0.1, 0.15) is 5.69 Å². The molecule has 2 aliphatic heterocycles. The van der Waals surface area contributed by atoms with Gasteiger partial charge in [-0.15, -0.1) is 5.10 Å².